The van der Waals surface area contributed by atoms with Crippen LogP contribution >= 0.6 is 15.9 Å². The van der Waals surface area contributed by atoms with Crippen molar-refractivity contribution in [2.24, 2.45) is 7.05 Å². The van der Waals surface area contributed by atoms with Gasteiger partial charge in [-0.1, -0.05) is 26.0 Å². The summed E-state index contributed by atoms with van der Waals surface area (Å²) in [6.45, 7) is 4.29. The number of halogens is 1. The molecule has 2 rings (SSSR count). The number of Topliss-reactive ketones (excluding diaryl/α,β-unsaturated/α-hetero) is 1. The summed E-state index contributed by atoms with van der Waals surface area (Å²) in [6.07, 6.45) is 1.33. The summed E-state index contributed by atoms with van der Waals surface area (Å²) < 4.78 is 8.65. The third-order valence-corrected chi connectivity index (χ3v) is 4.29. The topological polar surface area (TPSA) is 44.1 Å². The zero-order chi connectivity index (χ0) is 15.4. The van der Waals surface area contributed by atoms with E-state index in [1.54, 1.807) is 6.07 Å². The van der Waals surface area contributed by atoms with Gasteiger partial charge < -0.3 is 4.74 Å². The highest BCUT2D eigenvalue weighted by Crippen LogP contribution is 2.25. The van der Waals surface area contributed by atoms with Crippen LogP contribution in [0.25, 0.3) is 0 Å². The molecule has 1 aromatic heterocycles. The predicted molar refractivity (Wildman–Crippen MR) is 85.7 cm³/mol. The zero-order valence-corrected chi connectivity index (χ0v) is 14.1. The normalized spacial score (nSPS) is 10.7. The largest absolute Gasteiger partial charge is 0.487 e. The van der Waals surface area contributed by atoms with Crippen LogP contribution in [0.5, 0.6) is 5.75 Å². The van der Waals surface area contributed by atoms with Crippen LogP contribution in [0.4, 0.5) is 0 Å². The molecule has 0 unspecified atom stereocenters. The number of ether oxygens (including phenoxy) is 1. The molecule has 0 saturated heterocycles. The second-order valence-corrected chi connectivity index (χ2v) is 5.54. The van der Waals surface area contributed by atoms with E-state index in [0.717, 1.165) is 22.3 Å². The number of aryl methyl sites for hydroxylation is 2. The van der Waals surface area contributed by atoms with Gasteiger partial charge in [-0.3, -0.25) is 9.48 Å². The molecule has 0 spiro atoms. The quantitative estimate of drug-likeness (QED) is 0.741. The first-order valence-electron chi connectivity index (χ1n) is 7.03. The summed E-state index contributed by atoms with van der Waals surface area (Å²) in [4.78, 5) is 11.9. The van der Waals surface area contributed by atoms with Crippen LogP contribution in [0.15, 0.2) is 28.7 Å². The lowest BCUT2D eigenvalue weighted by atomic mass is 10.1. The van der Waals surface area contributed by atoms with Gasteiger partial charge in [0.25, 0.3) is 0 Å². The van der Waals surface area contributed by atoms with Crippen LogP contribution in [0.2, 0.25) is 0 Å². The second kappa shape index (κ2) is 6.89. The van der Waals surface area contributed by atoms with Crippen molar-refractivity contribution < 1.29 is 9.53 Å². The number of nitrogens with zero attached hydrogens (tertiary/aromatic N) is 2. The highest BCUT2D eigenvalue weighted by molar-refractivity contribution is 9.10. The van der Waals surface area contributed by atoms with E-state index in [1.807, 2.05) is 36.9 Å². The van der Waals surface area contributed by atoms with Gasteiger partial charge in [-0.25, -0.2) is 0 Å². The summed E-state index contributed by atoms with van der Waals surface area (Å²) in [6, 6.07) is 7.35. The average molecular weight is 351 g/mol. The zero-order valence-electron chi connectivity index (χ0n) is 12.5. The molecule has 0 radical (unpaired) electrons. The lowest BCUT2D eigenvalue weighted by Crippen LogP contribution is -2.06. The molecule has 0 aliphatic rings. The first kappa shape index (κ1) is 15.8. The number of carbonyl (C=O) groups excluding carboxylic acids is 1. The van der Waals surface area contributed by atoms with E-state index in [2.05, 4.69) is 28.0 Å². The van der Waals surface area contributed by atoms with E-state index in [1.165, 1.54) is 0 Å². The summed E-state index contributed by atoms with van der Waals surface area (Å²) in [5.74, 6) is 0.708. The standard InChI is InChI=1S/C16H19BrN2O2/c1-4-12-16(17)13(19(3)18-12)10-21-15-9-7-6-8-11(15)14(20)5-2/h6-9H,4-5,10H2,1-3H3. The van der Waals surface area contributed by atoms with Gasteiger partial charge in [0.1, 0.15) is 12.4 Å². The Bertz CT molecular complexity index is 650. The van der Waals surface area contributed by atoms with Crippen molar-refractivity contribution in [1.29, 1.82) is 0 Å². The molecule has 21 heavy (non-hydrogen) atoms. The molecule has 0 amide bonds. The fourth-order valence-corrected chi connectivity index (χ4v) is 2.87. The van der Waals surface area contributed by atoms with Crippen molar-refractivity contribution in [3.63, 3.8) is 0 Å². The van der Waals surface area contributed by atoms with Gasteiger partial charge >= 0.3 is 0 Å². The van der Waals surface area contributed by atoms with Gasteiger partial charge in [-0.2, -0.15) is 5.10 Å². The maximum Gasteiger partial charge on any atom is 0.166 e. The first-order valence-corrected chi connectivity index (χ1v) is 7.83. The second-order valence-electron chi connectivity index (χ2n) is 4.75. The van der Waals surface area contributed by atoms with Crippen molar-refractivity contribution in [2.45, 2.75) is 33.3 Å². The Hall–Kier alpha value is -1.62. The third-order valence-electron chi connectivity index (χ3n) is 3.38. The Kier molecular flexibility index (Phi) is 5.17. The van der Waals surface area contributed by atoms with Crippen molar-refractivity contribution in [3.05, 3.63) is 45.7 Å². The number of benzene rings is 1. The highest BCUT2D eigenvalue weighted by Gasteiger charge is 2.15. The number of carbonyl (C=O) groups is 1. The van der Waals surface area contributed by atoms with Crippen LogP contribution in [-0.2, 0) is 20.1 Å². The molecular weight excluding hydrogens is 332 g/mol. The molecular formula is C16H19BrN2O2. The molecule has 0 fully saturated rings. The molecule has 1 heterocycles. The van der Waals surface area contributed by atoms with Crippen LogP contribution in [0.3, 0.4) is 0 Å². The van der Waals surface area contributed by atoms with E-state index < -0.39 is 0 Å². The maximum atomic E-state index is 11.9. The fourth-order valence-electron chi connectivity index (χ4n) is 2.14. The van der Waals surface area contributed by atoms with Crippen molar-refractivity contribution >= 4 is 21.7 Å². The molecule has 1 aromatic carbocycles. The Morgan fingerprint density at radius 1 is 1.33 bits per heavy atom. The third kappa shape index (κ3) is 3.35. The van der Waals surface area contributed by atoms with E-state index in [-0.39, 0.29) is 5.78 Å². The van der Waals surface area contributed by atoms with Crippen LogP contribution in [-0.4, -0.2) is 15.6 Å². The molecule has 2 aromatic rings. The minimum absolute atomic E-state index is 0.0870. The van der Waals surface area contributed by atoms with E-state index in [4.69, 9.17) is 4.74 Å². The number of hydrogen-bond donors (Lipinski definition) is 0. The number of rotatable bonds is 6. The minimum Gasteiger partial charge on any atom is -0.487 e. The van der Waals surface area contributed by atoms with E-state index in [0.29, 0.717) is 24.3 Å². The number of hydrogen-bond acceptors (Lipinski definition) is 3. The van der Waals surface area contributed by atoms with Gasteiger partial charge in [0.2, 0.25) is 0 Å². The summed E-state index contributed by atoms with van der Waals surface area (Å²) in [5.41, 5.74) is 2.61. The fraction of sp³-hybridized carbons (Fsp3) is 0.375. The van der Waals surface area contributed by atoms with E-state index in [9.17, 15) is 4.79 Å². The SMILES string of the molecule is CCC(=O)c1ccccc1OCc1c(Br)c(CC)nn1C. The molecule has 0 aliphatic carbocycles. The molecule has 112 valence electrons. The molecule has 0 atom stereocenters. The Morgan fingerprint density at radius 3 is 2.67 bits per heavy atom. The first-order chi connectivity index (χ1) is 10.1. The number of aromatic nitrogens is 2. The van der Waals surface area contributed by atoms with Crippen molar-refractivity contribution in [3.8, 4) is 5.75 Å². The average Bonchev–Trinajstić information content (AvgIpc) is 2.79. The number of para-hydroxylation sites is 1. The molecule has 5 heteroatoms. The smallest absolute Gasteiger partial charge is 0.166 e. The van der Waals surface area contributed by atoms with Gasteiger partial charge in [-0.15, -0.1) is 0 Å². The van der Waals surface area contributed by atoms with Gasteiger partial charge in [-0.05, 0) is 34.5 Å². The van der Waals surface area contributed by atoms with Gasteiger partial charge in [0.15, 0.2) is 5.78 Å². The molecule has 0 N–H and O–H groups in total. The van der Waals surface area contributed by atoms with Crippen LogP contribution < -0.4 is 4.74 Å². The molecule has 4 nitrogen and oxygen atoms in total. The van der Waals surface area contributed by atoms with Crippen molar-refractivity contribution in [1.82, 2.24) is 9.78 Å². The van der Waals surface area contributed by atoms with Crippen LogP contribution in [0, 0.1) is 0 Å². The molecule has 0 aliphatic heterocycles. The lowest BCUT2D eigenvalue weighted by Gasteiger charge is -2.10. The molecule has 0 bridgehead atoms. The summed E-state index contributed by atoms with van der Waals surface area (Å²) in [5, 5.41) is 4.44. The number of ketones is 1. The maximum absolute atomic E-state index is 11.9. The monoisotopic (exact) mass is 350 g/mol. The Labute approximate surface area is 133 Å². The van der Waals surface area contributed by atoms with Gasteiger partial charge in [0, 0.05) is 13.5 Å². The molecule has 0 saturated carbocycles. The Balaban J connectivity index is 2.21. The summed E-state index contributed by atoms with van der Waals surface area (Å²) in [7, 11) is 1.89. The highest BCUT2D eigenvalue weighted by atomic mass is 79.9. The van der Waals surface area contributed by atoms with Crippen LogP contribution in [0.1, 0.15) is 42.0 Å². The van der Waals surface area contributed by atoms with E-state index >= 15 is 0 Å². The predicted octanol–water partition coefficient (Wildman–Crippen LogP) is 3.92. The van der Waals surface area contributed by atoms with Gasteiger partial charge in [0.05, 0.1) is 21.4 Å². The Morgan fingerprint density at radius 2 is 2.05 bits per heavy atom. The summed E-state index contributed by atoms with van der Waals surface area (Å²) >= 11 is 3.57. The van der Waals surface area contributed by atoms with Crippen molar-refractivity contribution in [2.75, 3.05) is 0 Å². The minimum atomic E-state index is 0.0870. The lowest BCUT2D eigenvalue weighted by molar-refractivity contribution is 0.0983.